The molecule has 3 aromatic rings. The lowest BCUT2D eigenvalue weighted by Crippen LogP contribution is -2.17. The van der Waals surface area contributed by atoms with Crippen molar-refractivity contribution in [3.63, 3.8) is 0 Å². The second kappa shape index (κ2) is 3.57. The molecular formula is C12H8N2OS. The fraction of sp³-hybridized carbons (Fsp3) is 0. The van der Waals surface area contributed by atoms with Gasteiger partial charge in [-0.15, -0.1) is 11.3 Å². The van der Waals surface area contributed by atoms with Crippen LogP contribution in [0.25, 0.3) is 15.9 Å². The summed E-state index contributed by atoms with van der Waals surface area (Å²) in [6, 6.07) is 11.4. The fourth-order valence-corrected chi connectivity index (χ4v) is 2.39. The molecule has 16 heavy (non-hydrogen) atoms. The minimum absolute atomic E-state index is 0.00815. The summed E-state index contributed by atoms with van der Waals surface area (Å²) in [7, 11) is 0. The molecule has 2 heterocycles. The van der Waals surface area contributed by atoms with E-state index >= 15 is 0 Å². The van der Waals surface area contributed by atoms with Crippen molar-refractivity contribution in [2.45, 2.75) is 0 Å². The molecule has 78 valence electrons. The van der Waals surface area contributed by atoms with Crippen LogP contribution >= 0.6 is 11.3 Å². The standard InChI is InChI=1S/C12H8N2OS/c15-12-11-10(6-7-16-11)13-8-14(12)9-4-2-1-3-5-9/h1-8H. The van der Waals surface area contributed by atoms with Gasteiger partial charge in [0.1, 0.15) is 11.0 Å². The first kappa shape index (κ1) is 9.30. The van der Waals surface area contributed by atoms with Gasteiger partial charge in [0.15, 0.2) is 0 Å². The van der Waals surface area contributed by atoms with Crippen LogP contribution in [0.1, 0.15) is 0 Å². The largest absolute Gasteiger partial charge is 0.275 e. The van der Waals surface area contributed by atoms with Gasteiger partial charge in [-0.25, -0.2) is 4.98 Å². The molecule has 1 aromatic carbocycles. The maximum absolute atomic E-state index is 12.1. The maximum Gasteiger partial charge on any atom is 0.275 e. The first-order valence-corrected chi connectivity index (χ1v) is 5.74. The van der Waals surface area contributed by atoms with E-state index in [2.05, 4.69) is 4.98 Å². The Kier molecular flexibility index (Phi) is 2.08. The SMILES string of the molecule is O=c1c2sccc2ncn1-c1ccccc1. The van der Waals surface area contributed by atoms with E-state index in [-0.39, 0.29) is 5.56 Å². The van der Waals surface area contributed by atoms with E-state index in [1.807, 2.05) is 41.8 Å². The van der Waals surface area contributed by atoms with E-state index in [4.69, 9.17) is 0 Å². The molecule has 4 heteroatoms. The predicted octanol–water partition coefficient (Wildman–Crippen LogP) is 2.45. The lowest BCUT2D eigenvalue weighted by atomic mass is 10.3. The normalized spacial score (nSPS) is 10.8. The Bertz CT molecular complexity index is 685. The van der Waals surface area contributed by atoms with Gasteiger partial charge in [0.05, 0.1) is 11.2 Å². The van der Waals surface area contributed by atoms with Gasteiger partial charge in [-0.3, -0.25) is 9.36 Å². The van der Waals surface area contributed by atoms with Crippen molar-refractivity contribution in [2.24, 2.45) is 0 Å². The number of fused-ring (bicyclic) bond motifs is 1. The molecule has 3 nitrogen and oxygen atoms in total. The number of aromatic nitrogens is 2. The highest BCUT2D eigenvalue weighted by atomic mass is 32.1. The maximum atomic E-state index is 12.1. The average Bonchev–Trinajstić information content (AvgIpc) is 2.80. The Labute approximate surface area is 95.6 Å². The molecule has 0 N–H and O–H groups in total. The zero-order valence-electron chi connectivity index (χ0n) is 8.33. The summed E-state index contributed by atoms with van der Waals surface area (Å²) < 4.78 is 2.27. The van der Waals surface area contributed by atoms with Gasteiger partial charge in [-0.05, 0) is 23.6 Å². The van der Waals surface area contributed by atoms with Crippen LogP contribution in [0.15, 0.2) is 52.9 Å². The molecule has 0 atom stereocenters. The van der Waals surface area contributed by atoms with Gasteiger partial charge in [0.2, 0.25) is 0 Å². The number of benzene rings is 1. The third-order valence-corrected chi connectivity index (χ3v) is 3.30. The predicted molar refractivity (Wildman–Crippen MR) is 65.2 cm³/mol. The summed E-state index contributed by atoms with van der Waals surface area (Å²) in [5.74, 6) is 0. The van der Waals surface area contributed by atoms with Crippen molar-refractivity contribution in [2.75, 3.05) is 0 Å². The Balaban J connectivity index is 2.33. The van der Waals surface area contributed by atoms with Crippen LogP contribution in [-0.2, 0) is 0 Å². The smallest absolute Gasteiger partial charge is 0.267 e. The molecule has 0 unspecified atom stereocenters. The third-order valence-electron chi connectivity index (χ3n) is 2.40. The van der Waals surface area contributed by atoms with Gasteiger partial charge >= 0.3 is 0 Å². The van der Waals surface area contributed by atoms with Gasteiger partial charge < -0.3 is 0 Å². The van der Waals surface area contributed by atoms with Gasteiger partial charge in [-0.2, -0.15) is 0 Å². The van der Waals surface area contributed by atoms with E-state index in [1.165, 1.54) is 11.3 Å². The second-order valence-electron chi connectivity index (χ2n) is 3.39. The van der Waals surface area contributed by atoms with Crippen molar-refractivity contribution in [1.82, 2.24) is 9.55 Å². The number of hydrogen-bond acceptors (Lipinski definition) is 3. The van der Waals surface area contributed by atoms with Gasteiger partial charge in [0, 0.05) is 0 Å². The summed E-state index contributed by atoms with van der Waals surface area (Å²) in [4.78, 5) is 16.4. The molecule has 0 aliphatic heterocycles. The first-order valence-electron chi connectivity index (χ1n) is 4.86. The number of hydrogen-bond donors (Lipinski definition) is 0. The Morgan fingerprint density at radius 2 is 1.94 bits per heavy atom. The summed E-state index contributed by atoms with van der Waals surface area (Å²) in [5, 5.41) is 1.88. The minimum Gasteiger partial charge on any atom is -0.267 e. The highest BCUT2D eigenvalue weighted by Gasteiger charge is 2.05. The number of thiophene rings is 1. The average molecular weight is 228 g/mol. The number of para-hydroxylation sites is 1. The zero-order valence-corrected chi connectivity index (χ0v) is 9.15. The van der Waals surface area contributed by atoms with Crippen molar-refractivity contribution < 1.29 is 0 Å². The van der Waals surface area contributed by atoms with Crippen LogP contribution in [0.2, 0.25) is 0 Å². The number of nitrogens with zero attached hydrogens (tertiary/aromatic N) is 2. The van der Waals surface area contributed by atoms with Crippen molar-refractivity contribution >= 4 is 21.6 Å². The molecule has 0 amide bonds. The molecule has 0 radical (unpaired) electrons. The quantitative estimate of drug-likeness (QED) is 0.641. The first-order chi connectivity index (χ1) is 7.86. The minimum atomic E-state index is -0.00815. The molecule has 3 rings (SSSR count). The number of rotatable bonds is 1. The molecule has 0 aliphatic carbocycles. The van der Waals surface area contributed by atoms with Crippen LogP contribution < -0.4 is 5.56 Å². The third kappa shape index (κ3) is 1.35. The summed E-state index contributed by atoms with van der Waals surface area (Å²) in [6.07, 6.45) is 1.58. The molecule has 0 spiro atoms. The van der Waals surface area contributed by atoms with Crippen molar-refractivity contribution in [3.8, 4) is 5.69 Å². The molecule has 0 saturated heterocycles. The molecular weight excluding hydrogens is 220 g/mol. The Morgan fingerprint density at radius 3 is 2.75 bits per heavy atom. The van der Waals surface area contributed by atoms with Crippen molar-refractivity contribution in [1.29, 1.82) is 0 Å². The summed E-state index contributed by atoms with van der Waals surface area (Å²) in [5.41, 5.74) is 1.60. The van der Waals surface area contributed by atoms with Crippen molar-refractivity contribution in [3.05, 3.63) is 58.5 Å². The van der Waals surface area contributed by atoms with Crippen LogP contribution in [0.5, 0.6) is 0 Å². The molecule has 0 saturated carbocycles. The van der Waals surface area contributed by atoms with E-state index in [0.29, 0.717) is 4.70 Å². The van der Waals surface area contributed by atoms with Crippen LogP contribution in [-0.4, -0.2) is 9.55 Å². The monoisotopic (exact) mass is 228 g/mol. The molecule has 0 bridgehead atoms. The van der Waals surface area contributed by atoms with E-state index < -0.39 is 0 Å². The van der Waals surface area contributed by atoms with E-state index in [0.717, 1.165) is 11.2 Å². The fourth-order valence-electron chi connectivity index (χ4n) is 1.62. The van der Waals surface area contributed by atoms with E-state index in [1.54, 1.807) is 10.9 Å². The van der Waals surface area contributed by atoms with Crippen LogP contribution in [0.3, 0.4) is 0 Å². The molecule has 2 aromatic heterocycles. The second-order valence-corrected chi connectivity index (χ2v) is 4.31. The topological polar surface area (TPSA) is 34.9 Å². The van der Waals surface area contributed by atoms with E-state index in [9.17, 15) is 4.79 Å². The summed E-state index contributed by atoms with van der Waals surface area (Å²) >= 11 is 1.43. The Morgan fingerprint density at radius 1 is 1.12 bits per heavy atom. The highest BCUT2D eigenvalue weighted by molar-refractivity contribution is 7.17. The van der Waals surface area contributed by atoms with Gasteiger partial charge in [-0.1, -0.05) is 18.2 Å². The lowest BCUT2D eigenvalue weighted by Gasteiger charge is -2.03. The molecule has 0 aliphatic rings. The summed E-state index contributed by atoms with van der Waals surface area (Å²) in [6.45, 7) is 0. The lowest BCUT2D eigenvalue weighted by molar-refractivity contribution is 0.967. The zero-order chi connectivity index (χ0) is 11.0. The van der Waals surface area contributed by atoms with Crippen LogP contribution in [0.4, 0.5) is 0 Å². The van der Waals surface area contributed by atoms with Gasteiger partial charge in [0.25, 0.3) is 5.56 Å². The van der Waals surface area contributed by atoms with Crippen LogP contribution in [0, 0.1) is 0 Å². The highest BCUT2D eigenvalue weighted by Crippen LogP contribution is 2.14. The Hall–Kier alpha value is -1.94. The molecule has 0 fully saturated rings.